The summed E-state index contributed by atoms with van der Waals surface area (Å²) in [6.07, 6.45) is 1.63. The molecular weight excluding hydrogens is 407 g/mol. The van der Waals surface area contributed by atoms with E-state index < -0.39 is 18.0 Å². The second-order valence-corrected chi connectivity index (χ2v) is 7.70. The molecule has 1 atom stereocenters. The molecule has 0 bridgehead atoms. The number of anilines is 1. The summed E-state index contributed by atoms with van der Waals surface area (Å²) >= 11 is 0. The quantitative estimate of drug-likeness (QED) is 0.781. The molecule has 0 aliphatic carbocycles. The van der Waals surface area contributed by atoms with Gasteiger partial charge in [0.05, 0.1) is 25.0 Å². The third kappa shape index (κ3) is 4.52. The van der Waals surface area contributed by atoms with Crippen molar-refractivity contribution < 1.29 is 28.0 Å². The second-order valence-electron chi connectivity index (χ2n) is 7.70. The normalized spacial score (nSPS) is 19.4. The zero-order chi connectivity index (χ0) is 22.0. The Hall–Kier alpha value is -3.43. The first kappa shape index (κ1) is 20.8. The molecule has 10 heteroatoms. The second kappa shape index (κ2) is 8.75. The van der Waals surface area contributed by atoms with Crippen LogP contribution < -0.4 is 10.2 Å². The van der Waals surface area contributed by atoms with Crippen LogP contribution in [-0.2, 0) is 9.53 Å². The lowest BCUT2D eigenvalue weighted by molar-refractivity contribution is -0.119. The summed E-state index contributed by atoms with van der Waals surface area (Å²) in [5.74, 6) is -0.642. The molecule has 3 amide bonds. The largest absolute Gasteiger partial charge is 0.442 e. The number of cyclic esters (lactones) is 1. The highest BCUT2D eigenvalue weighted by Gasteiger charge is 2.33. The first-order valence-electron chi connectivity index (χ1n) is 10.1. The predicted molar refractivity (Wildman–Crippen MR) is 107 cm³/mol. The molecule has 3 heterocycles. The number of amides is 3. The van der Waals surface area contributed by atoms with E-state index in [4.69, 9.17) is 9.26 Å². The molecule has 2 fully saturated rings. The number of rotatable bonds is 5. The summed E-state index contributed by atoms with van der Waals surface area (Å²) in [5, 5.41) is 6.16. The molecule has 0 unspecified atom stereocenters. The smallest absolute Gasteiger partial charge is 0.414 e. The molecule has 0 radical (unpaired) electrons. The fourth-order valence-corrected chi connectivity index (χ4v) is 3.99. The van der Waals surface area contributed by atoms with Crippen molar-refractivity contribution in [3.8, 4) is 0 Å². The number of halogens is 1. The number of carbonyl (C=O) groups excluding carboxylic acids is 3. The molecule has 1 N–H and O–H groups in total. The topological polar surface area (TPSA) is 105 Å². The molecule has 0 saturated carbocycles. The lowest BCUT2D eigenvalue weighted by Crippen LogP contribution is -2.38. The number of ether oxygens (including phenoxy) is 1. The van der Waals surface area contributed by atoms with E-state index in [9.17, 15) is 18.8 Å². The van der Waals surface area contributed by atoms with Crippen molar-refractivity contribution in [1.82, 2.24) is 15.4 Å². The molecule has 0 spiro atoms. The zero-order valence-electron chi connectivity index (χ0n) is 17.0. The average Bonchev–Trinajstić information content (AvgIpc) is 3.42. The SMILES string of the molecule is CC(=O)NC[C@H]1CN(c2ccc(C3CCN(C(=O)c4ccno4)CC3)c(F)c2)C(=O)O1. The van der Waals surface area contributed by atoms with Crippen molar-refractivity contribution in [3.05, 3.63) is 47.6 Å². The van der Waals surface area contributed by atoms with Crippen LogP contribution >= 0.6 is 0 Å². The molecule has 31 heavy (non-hydrogen) atoms. The van der Waals surface area contributed by atoms with Gasteiger partial charge in [-0.2, -0.15) is 0 Å². The van der Waals surface area contributed by atoms with Crippen LogP contribution in [0.15, 0.2) is 35.0 Å². The maximum Gasteiger partial charge on any atom is 0.414 e. The van der Waals surface area contributed by atoms with Crippen molar-refractivity contribution in [3.63, 3.8) is 0 Å². The number of nitrogens with one attached hydrogen (secondary N) is 1. The van der Waals surface area contributed by atoms with Crippen LogP contribution in [0.3, 0.4) is 0 Å². The number of aromatic nitrogens is 1. The highest BCUT2D eigenvalue weighted by Crippen LogP contribution is 2.33. The first-order valence-corrected chi connectivity index (χ1v) is 10.1. The lowest BCUT2D eigenvalue weighted by Gasteiger charge is -2.31. The van der Waals surface area contributed by atoms with Gasteiger partial charge < -0.3 is 19.5 Å². The summed E-state index contributed by atoms with van der Waals surface area (Å²) in [5.41, 5.74) is 0.979. The van der Waals surface area contributed by atoms with Crippen LogP contribution in [0.25, 0.3) is 0 Å². The van der Waals surface area contributed by atoms with Gasteiger partial charge in [-0.1, -0.05) is 11.2 Å². The molecule has 2 aliphatic rings. The molecule has 1 aromatic heterocycles. The van der Waals surface area contributed by atoms with E-state index in [1.807, 2.05) is 0 Å². The number of hydrogen-bond donors (Lipinski definition) is 1. The van der Waals surface area contributed by atoms with Gasteiger partial charge >= 0.3 is 6.09 Å². The zero-order valence-corrected chi connectivity index (χ0v) is 17.0. The van der Waals surface area contributed by atoms with E-state index in [2.05, 4.69) is 10.5 Å². The molecular formula is C21H23FN4O5. The van der Waals surface area contributed by atoms with Gasteiger partial charge in [-0.05, 0) is 36.5 Å². The number of likely N-dealkylation sites (tertiary alicyclic amines) is 1. The molecule has 164 valence electrons. The van der Waals surface area contributed by atoms with Crippen molar-refractivity contribution in [1.29, 1.82) is 0 Å². The van der Waals surface area contributed by atoms with E-state index in [0.717, 1.165) is 0 Å². The minimum Gasteiger partial charge on any atom is -0.442 e. The molecule has 1 aromatic carbocycles. The molecule has 2 saturated heterocycles. The lowest BCUT2D eigenvalue weighted by atomic mass is 9.88. The summed E-state index contributed by atoms with van der Waals surface area (Å²) < 4.78 is 25.1. The van der Waals surface area contributed by atoms with Gasteiger partial charge in [0.2, 0.25) is 11.7 Å². The maximum atomic E-state index is 14.9. The van der Waals surface area contributed by atoms with E-state index >= 15 is 0 Å². The first-order chi connectivity index (χ1) is 14.9. The van der Waals surface area contributed by atoms with Gasteiger partial charge in [-0.25, -0.2) is 9.18 Å². The standard InChI is InChI=1S/C21H23FN4O5/c1-13(27)23-11-16-12-26(21(29)30-16)15-2-3-17(18(22)10-15)14-5-8-25(9-6-14)20(28)19-4-7-24-31-19/h2-4,7,10,14,16H,5-6,8-9,11-12H2,1H3,(H,23,27)/t16-/m0/s1. The van der Waals surface area contributed by atoms with Crippen molar-refractivity contribution in [2.45, 2.75) is 31.8 Å². The van der Waals surface area contributed by atoms with Crippen LogP contribution in [0.2, 0.25) is 0 Å². The average molecular weight is 430 g/mol. The van der Waals surface area contributed by atoms with Crippen molar-refractivity contribution >= 4 is 23.6 Å². The molecule has 2 aliphatic heterocycles. The van der Waals surface area contributed by atoms with Gasteiger partial charge in [-0.15, -0.1) is 0 Å². The van der Waals surface area contributed by atoms with E-state index in [1.54, 1.807) is 17.0 Å². The third-order valence-corrected chi connectivity index (χ3v) is 5.62. The van der Waals surface area contributed by atoms with Gasteiger partial charge in [0.15, 0.2) is 0 Å². The maximum absolute atomic E-state index is 14.9. The molecule has 4 rings (SSSR count). The van der Waals surface area contributed by atoms with Crippen molar-refractivity contribution in [2.24, 2.45) is 0 Å². The van der Waals surface area contributed by atoms with E-state index in [0.29, 0.717) is 37.2 Å². The van der Waals surface area contributed by atoms with Crippen LogP contribution in [0.5, 0.6) is 0 Å². The molecule has 9 nitrogen and oxygen atoms in total. The number of piperidine rings is 1. The minimum atomic E-state index is -0.568. The van der Waals surface area contributed by atoms with Crippen LogP contribution in [0.4, 0.5) is 14.9 Å². The Labute approximate surface area is 178 Å². The van der Waals surface area contributed by atoms with Crippen LogP contribution in [0, 0.1) is 5.82 Å². The summed E-state index contributed by atoms with van der Waals surface area (Å²) in [4.78, 5) is 38.6. The minimum absolute atomic E-state index is 0.0223. The summed E-state index contributed by atoms with van der Waals surface area (Å²) in [6, 6.07) is 6.25. The van der Waals surface area contributed by atoms with Crippen LogP contribution in [0.1, 0.15) is 41.8 Å². The Bertz CT molecular complexity index is 972. The highest BCUT2D eigenvalue weighted by atomic mass is 19.1. The monoisotopic (exact) mass is 430 g/mol. The fourth-order valence-electron chi connectivity index (χ4n) is 3.99. The summed E-state index contributed by atoms with van der Waals surface area (Å²) in [7, 11) is 0. The Morgan fingerprint density at radius 1 is 1.26 bits per heavy atom. The Balaban J connectivity index is 1.38. The van der Waals surface area contributed by atoms with Gasteiger partial charge in [0.1, 0.15) is 11.9 Å². The third-order valence-electron chi connectivity index (χ3n) is 5.62. The Morgan fingerprint density at radius 2 is 2.03 bits per heavy atom. The predicted octanol–water partition coefficient (Wildman–Crippen LogP) is 2.29. The van der Waals surface area contributed by atoms with E-state index in [-0.39, 0.29) is 36.6 Å². The Kier molecular flexibility index (Phi) is 5.88. The summed E-state index contributed by atoms with van der Waals surface area (Å²) in [6.45, 7) is 2.82. The number of nitrogens with zero attached hydrogens (tertiary/aromatic N) is 3. The molecule has 2 aromatic rings. The van der Waals surface area contributed by atoms with Gasteiger partial charge in [0.25, 0.3) is 5.91 Å². The fraction of sp³-hybridized carbons (Fsp3) is 0.429. The number of hydrogen-bond acceptors (Lipinski definition) is 6. The van der Waals surface area contributed by atoms with Crippen LogP contribution in [-0.4, -0.2) is 60.2 Å². The van der Waals surface area contributed by atoms with Crippen molar-refractivity contribution in [2.75, 3.05) is 31.1 Å². The number of carbonyl (C=O) groups is 3. The highest BCUT2D eigenvalue weighted by molar-refractivity contribution is 5.91. The number of benzene rings is 1. The van der Waals surface area contributed by atoms with E-state index in [1.165, 1.54) is 30.2 Å². The van der Waals surface area contributed by atoms with Gasteiger partial charge in [-0.3, -0.25) is 14.5 Å². The Morgan fingerprint density at radius 3 is 2.68 bits per heavy atom. The van der Waals surface area contributed by atoms with Gasteiger partial charge in [0, 0.05) is 26.1 Å².